The first-order valence-electron chi connectivity index (χ1n) is 5.14. The number of thioether (sulfide) groups is 1. The van der Waals surface area contributed by atoms with E-state index in [4.69, 9.17) is 5.11 Å². The van der Waals surface area contributed by atoms with Crippen molar-refractivity contribution in [2.24, 2.45) is 0 Å². The zero-order valence-corrected chi connectivity index (χ0v) is 9.87. The summed E-state index contributed by atoms with van der Waals surface area (Å²) in [6.45, 7) is 1.91. The number of benzene rings is 1. The maximum atomic E-state index is 11.7. The van der Waals surface area contributed by atoms with E-state index in [1.165, 1.54) is 0 Å². The second-order valence-electron chi connectivity index (χ2n) is 3.39. The molecule has 1 rings (SSSR count). The molecule has 0 saturated carbocycles. The van der Waals surface area contributed by atoms with Crippen molar-refractivity contribution in [2.45, 2.75) is 25.0 Å². The number of hydrogen-bond acceptors (Lipinski definition) is 3. The topological polar surface area (TPSA) is 54.4 Å². The first-order valence-corrected chi connectivity index (χ1v) is 6.02. The third-order valence-electron chi connectivity index (χ3n) is 2.09. The highest BCUT2D eigenvalue weighted by atomic mass is 32.2. The van der Waals surface area contributed by atoms with Crippen molar-refractivity contribution in [3.8, 4) is 0 Å². The zero-order chi connectivity index (χ0) is 12.0. The van der Waals surface area contributed by atoms with Gasteiger partial charge in [0.05, 0.1) is 0 Å². The summed E-state index contributed by atoms with van der Waals surface area (Å²) >= 11 is 0.892. The molecule has 0 aliphatic heterocycles. The van der Waals surface area contributed by atoms with Crippen LogP contribution in [0.25, 0.3) is 0 Å². The van der Waals surface area contributed by atoms with Gasteiger partial charge in [0, 0.05) is 5.56 Å². The Hall–Kier alpha value is -1.29. The summed E-state index contributed by atoms with van der Waals surface area (Å²) in [6.07, 6.45) is 1.27. The summed E-state index contributed by atoms with van der Waals surface area (Å²) in [5.41, 5.74) is 0.551. The number of aliphatic carboxylic acids is 1. The largest absolute Gasteiger partial charge is 0.480 e. The summed E-state index contributed by atoms with van der Waals surface area (Å²) in [4.78, 5) is 22.6. The van der Waals surface area contributed by atoms with Crippen molar-refractivity contribution in [1.29, 1.82) is 0 Å². The van der Waals surface area contributed by atoms with Crippen LogP contribution >= 0.6 is 11.8 Å². The van der Waals surface area contributed by atoms with Gasteiger partial charge in [-0.05, 0) is 6.42 Å². The normalized spacial score (nSPS) is 12.1. The van der Waals surface area contributed by atoms with Crippen LogP contribution < -0.4 is 0 Å². The minimum Gasteiger partial charge on any atom is -0.480 e. The Morgan fingerprint density at radius 1 is 1.31 bits per heavy atom. The molecule has 1 N–H and O–H groups in total. The molecule has 0 radical (unpaired) electrons. The third kappa shape index (κ3) is 3.70. The molecule has 0 spiro atoms. The van der Waals surface area contributed by atoms with Crippen molar-refractivity contribution < 1.29 is 14.7 Å². The van der Waals surface area contributed by atoms with E-state index < -0.39 is 11.2 Å². The number of carboxylic acids is 1. The third-order valence-corrected chi connectivity index (χ3v) is 3.26. The van der Waals surface area contributed by atoms with Gasteiger partial charge in [0.1, 0.15) is 5.25 Å². The minimum absolute atomic E-state index is 0.179. The van der Waals surface area contributed by atoms with E-state index in [1.54, 1.807) is 24.3 Å². The average Bonchev–Trinajstić information content (AvgIpc) is 2.29. The maximum Gasteiger partial charge on any atom is 0.317 e. The van der Waals surface area contributed by atoms with Crippen LogP contribution in [-0.2, 0) is 4.79 Å². The average molecular weight is 238 g/mol. The number of rotatable bonds is 5. The molecule has 0 aliphatic rings. The van der Waals surface area contributed by atoms with E-state index in [-0.39, 0.29) is 5.12 Å². The fraction of sp³-hybridized carbons (Fsp3) is 0.333. The summed E-state index contributed by atoms with van der Waals surface area (Å²) in [6, 6.07) is 8.75. The number of carbonyl (C=O) groups is 2. The Kier molecular flexibility index (Phi) is 5.05. The number of hydrogen-bond donors (Lipinski definition) is 1. The standard InChI is InChI=1S/C12H14O3S/c1-2-6-10(11(13)14)16-12(15)9-7-4-3-5-8-9/h3-5,7-8,10H,2,6H2,1H3,(H,13,14). The van der Waals surface area contributed by atoms with E-state index >= 15 is 0 Å². The number of carbonyl (C=O) groups excluding carboxylic acids is 1. The summed E-state index contributed by atoms with van der Waals surface area (Å²) in [5.74, 6) is -0.920. The van der Waals surface area contributed by atoms with Crippen LogP contribution in [0.1, 0.15) is 30.1 Å². The summed E-state index contributed by atoms with van der Waals surface area (Å²) in [5, 5.41) is 8.11. The van der Waals surface area contributed by atoms with Gasteiger partial charge in [-0.1, -0.05) is 55.4 Å². The fourth-order valence-corrected chi connectivity index (χ4v) is 2.25. The lowest BCUT2D eigenvalue weighted by Gasteiger charge is -2.09. The Labute approximate surface area is 98.9 Å². The van der Waals surface area contributed by atoms with Gasteiger partial charge >= 0.3 is 5.97 Å². The van der Waals surface area contributed by atoms with E-state index in [2.05, 4.69) is 0 Å². The van der Waals surface area contributed by atoms with Gasteiger partial charge in [-0.3, -0.25) is 9.59 Å². The second kappa shape index (κ2) is 6.33. The van der Waals surface area contributed by atoms with Crippen molar-refractivity contribution in [3.63, 3.8) is 0 Å². The molecule has 0 saturated heterocycles. The molecule has 1 aromatic carbocycles. The first kappa shape index (κ1) is 12.8. The van der Waals surface area contributed by atoms with Gasteiger partial charge < -0.3 is 5.11 Å². The van der Waals surface area contributed by atoms with Crippen molar-refractivity contribution in [1.82, 2.24) is 0 Å². The van der Waals surface area contributed by atoms with Gasteiger partial charge in [-0.25, -0.2) is 0 Å². The molecule has 4 heteroatoms. The highest BCUT2D eigenvalue weighted by Gasteiger charge is 2.21. The lowest BCUT2D eigenvalue weighted by Crippen LogP contribution is -2.18. The van der Waals surface area contributed by atoms with Gasteiger partial charge in [0.25, 0.3) is 0 Å². The lowest BCUT2D eigenvalue weighted by molar-refractivity contribution is -0.136. The monoisotopic (exact) mass is 238 g/mol. The minimum atomic E-state index is -0.920. The predicted octanol–water partition coefficient (Wildman–Crippen LogP) is 2.81. The summed E-state index contributed by atoms with van der Waals surface area (Å²) in [7, 11) is 0. The van der Waals surface area contributed by atoms with Crippen LogP contribution in [0.3, 0.4) is 0 Å². The molecule has 0 aliphatic carbocycles. The highest BCUT2D eigenvalue weighted by Crippen LogP contribution is 2.21. The molecular formula is C12H14O3S. The quantitative estimate of drug-likeness (QED) is 0.857. The molecule has 3 nitrogen and oxygen atoms in total. The predicted molar refractivity (Wildman–Crippen MR) is 64.7 cm³/mol. The molecular weight excluding hydrogens is 224 g/mol. The lowest BCUT2D eigenvalue weighted by atomic mass is 10.2. The Morgan fingerprint density at radius 3 is 2.44 bits per heavy atom. The van der Waals surface area contributed by atoms with Gasteiger partial charge in [0.15, 0.2) is 0 Å². The molecule has 1 unspecified atom stereocenters. The van der Waals surface area contributed by atoms with Crippen LogP contribution in [0.15, 0.2) is 30.3 Å². The second-order valence-corrected chi connectivity index (χ2v) is 4.56. The molecule has 1 atom stereocenters. The van der Waals surface area contributed by atoms with Gasteiger partial charge in [-0.15, -0.1) is 0 Å². The van der Waals surface area contributed by atoms with Crippen LogP contribution in [0.2, 0.25) is 0 Å². The molecule has 0 fully saturated rings. The van der Waals surface area contributed by atoms with Crippen molar-refractivity contribution in [2.75, 3.05) is 0 Å². The zero-order valence-electron chi connectivity index (χ0n) is 9.05. The van der Waals surface area contributed by atoms with Gasteiger partial charge in [-0.2, -0.15) is 0 Å². The van der Waals surface area contributed by atoms with Crippen LogP contribution in [0.4, 0.5) is 0 Å². The Balaban J connectivity index is 2.65. The molecule has 0 bridgehead atoms. The molecule has 0 heterocycles. The smallest absolute Gasteiger partial charge is 0.317 e. The van der Waals surface area contributed by atoms with E-state index in [0.717, 1.165) is 18.2 Å². The van der Waals surface area contributed by atoms with Crippen molar-refractivity contribution in [3.05, 3.63) is 35.9 Å². The van der Waals surface area contributed by atoms with E-state index in [0.29, 0.717) is 12.0 Å². The van der Waals surface area contributed by atoms with Crippen LogP contribution in [0, 0.1) is 0 Å². The molecule has 16 heavy (non-hydrogen) atoms. The van der Waals surface area contributed by atoms with Gasteiger partial charge in [0.2, 0.25) is 5.12 Å². The highest BCUT2D eigenvalue weighted by molar-refractivity contribution is 8.15. The Morgan fingerprint density at radius 2 is 1.94 bits per heavy atom. The first-order chi connectivity index (χ1) is 7.65. The molecule has 86 valence electrons. The summed E-state index contributed by atoms with van der Waals surface area (Å²) < 4.78 is 0. The maximum absolute atomic E-state index is 11.7. The molecule has 0 amide bonds. The van der Waals surface area contributed by atoms with Crippen LogP contribution in [-0.4, -0.2) is 21.4 Å². The molecule has 0 aromatic heterocycles. The SMILES string of the molecule is CCCC(SC(=O)c1ccccc1)C(=O)O. The Bertz CT molecular complexity index is 362. The number of carboxylic acid groups (broad SMARTS) is 1. The van der Waals surface area contributed by atoms with E-state index in [1.807, 2.05) is 13.0 Å². The van der Waals surface area contributed by atoms with Crippen molar-refractivity contribution >= 4 is 22.8 Å². The van der Waals surface area contributed by atoms with E-state index in [9.17, 15) is 9.59 Å². The molecule has 1 aromatic rings. The fourth-order valence-electron chi connectivity index (χ4n) is 1.27. The van der Waals surface area contributed by atoms with Crippen LogP contribution in [0.5, 0.6) is 0 Å².